The maximum Gasteiger partial charge on any atom is 0.257 e. The summed E-state index contributed by atoms with van der Waals surface area (Å²) in [5, 5.41) is 0. The maximum absolute atomic E-state index is 13.5. The number of pyridine rings is 1. The molecule has 1 aromatic rings. The van der Waals surface area contributed by atoms with E-state index in [0.29, 0.717) is 13.0 Å². The van der Waals surface area contributed by atoms with Crippen molar-refractivity contribution in [2.75, 3.05) is 6.54 Å². The SMILES string of the molecule is NC(=O)C1CCCCN1C(=O)c1ccncc1F. The number of hydrogen-bond acceptors (Lipinski definition) is 3. The summed E-state index contributed by atoms with van der Waals surface area (Å²) in [7, 11) is 0. The fourth-order valence-electron chi connectivity index (χ4n) is 2.17. The number of nitrogens with two attached hydrogens (primary N) is 1. The van der Waals surface area contributed by atoms with Gasteiger partial charge in [0.1, 0.15) is 6.04 Å². The number of hydrogen-bond donors (Lipinski definition) is 1. The van der Waals surface area contributed by atoms with Crippen molar-refractivity contribution < 1.29 is 14.0 Å². The van der Waals surface area contributed by atoms with Crippen LogP contribution in [0.25, 0.3) is 0 Å². The van der Waals surface area contributed by atoms with E-state index < -0.39 is 23.7 Å². The van der Waals surface area contributed by atoms with Crippen LogP contribution >= 0.6 is 0 Å². The van der Waals surface area contributed by atoms with Crippen molar-refractivity contribution in [3.8, 4) is 0 Å². The summed E-state index contributed by atoms with van der Waals surface area (Å²) in [4.78, 5) is 28.4. The van der Waals surface area contributed by atoms with Crippen molar-refractivity contribution in [2.24, 2.45) is 5.73 Å². The number of nitrogens with zero attached hydrogens (tertiary/aromatic N) is 2. The molecule has 1 fully saturated rings. The van der Waals surface area contributed by atoms with Crippen LogP contribution in [0.4, 0.5) is 4.39 Å². The molecule has 1 aliphatic rings. The lowest BCUT2D eigenvalue weighted by Crippen LogP contribution is -2.50. The number of piperidine rings is 1. The first kappa shape index (κ1) is 12.5. The topological polar surface area (TPSA) is 76.3 Å². The van der Waals surface area contributed by atoms with Crippen LogP contribution in [-0.4, -0.2) is 34.3 Å². The summed E-state index contributed by atoms with van der Waals surface area (Å²) >= 11 is 0. The number of amides is 2. The Morgan fingerprint density at radius 1 is 1.44 bits per heavy atom. The van der Waals surface area contributed by atoms with E-state index in [2.05, 4.69) is 4.98 Å². The number of carbonyl (C=O) groups is 2. The van der Waals surface area contributed by atoms with Crippen LogP contribution in [0.5, 0.6) is 0 Å². The second kappa shape index (κ2) is 5.12. The minimum Gasteiger partial charge on any atom is -0.368 e. The summed E-state index contributed by atoms with van der Waals surface area (Å²) in [5.41, 5.74) is 5.20. The predicted molar refractivity (Wildman–Crippen MR) is 62.1 cm³/mol. The van der Waals surface area contributed by atoms with Gasteiger partial charge in [-0.1, -0.05) is 0 Å². The first-order valence-electron chi connectivity index (χ1n) is 5.81. The molecule has 18 heavy (non-hydrogen) atoms. The highest BCUT2D eigenvalue weighted by Crippen LogP contribution is 2.20. The lowest BCUT2D eigenvalue weighted by atomic mass is 10.0. The molecule has 1 unspecified atom stereocenters. The zero-order valence-corrected chi connectivity index (χ0v) is 9.80. The Balaban J connectivity index is 2.27. The standard InChI is InChI=1S/C12H14FN3O2/c13-9-7-15-5-4-8(9)12(18)16-6-2-1-3-10(16)11(14)17/h4-5,7,10H,1-3,6H2,(H2,14,17). The number of likely N-dealkylation sites (tertiary alicyclic amines) is 1. The predicted octanol–water partition coefficient (Wildman–Crippen LogP) is 0.701. The highest BCUT2D eigenvalue weighted by molar-refractivity contribution is 5.97. The van der Waals surface area contributed by atoms with Crippen molar-refractivity contribution in [3.05, 3.63) is 29.8 Å². The summed E-state index contributed by atoms with van der Waals surface area (Å²) < 4.78 is 13.5. The van der Waals surface area contributed by atoms with Crippen molar-refractivity contribution in [1.29, 1.82) is 0 Å². The molecule has 96 valence electrons. The Morgan fingerprint density at radius 2 is 2.22 bits per heavy atom. The number of primary amides is 1. The average molecular weight is 251 g/mol. The van der Waals surface area contributed by atoms with E-state index in [-0.39, 0.29) is 5.56 Å². The molecule has 1 aromatic heterocycles. The highest BCUT2D eigenvalue weighted by atomic mass is 19.1. The van der Waals surface area contributed by atoms with Gasteiger partial charge in [-0.3, -0.25) is 14.6 Å². The molecule has 2 heterocycles. The second-order valence-corrected chi connectivity index (χ2v) is 4.27. The van der Waals surface area contributed by atoms with Crippen LogP contribution < -0.4 is 5.73 Å². The minimum atomic E-state index is -0.684. The molecule has 0 bridgehead atoms. The monoisotopic (exact) mass is 251 g/mol. The smallest absolute Gasteiger partial charge is 0.257 e. The molecule has 2 N–H and O–H groups in total. The minimum absolute atomic E-state index is 0.0712. The lowest BCUT2D eigenvalue weighted by molar-refractivity contribution is -0.123. The third-order valence-corrected chi connectivity index (χ3v) is 3.09. The van der Waals surface area contributed by atoms with Crippen molar-refractivity contribution >= 4 is 11.8 Å². The maximum atomic E-state index is 13.5. The van der Waals surface area contributed by atoms with Gasteiger partial charge in [0.05, 0.1) is 11.8 Å². The van der Waals surface area contributed by atoms with Gasteiger partial charge in [0, 0.05) is 12.7 Å². The van der Waals surface area contributed by atoms with E-state index in [1.807, 2.05) is 0 Å². The lowest BCUT2D eigenvalue weighted by Gasteiger charge is -2.33. The van der Waals surface area contributed by atoms with Crippen LogP contribution in [0.3, 0.4) is 0 Å². The Kier molecular flexibility index (Phi) is 3.55. The summed E-state index contributed by atoms with van der Waals surface area (Å²) in [6.07, 6.45) is 4.50. The van der Waals surface area contributed by atoms with Crippen LogP contribution in [-0.2, 0) is 4.79 Å². The van der Waals surface area contributed by atoms with Gasteiger partial charge in [-0.25, -0.2) is 4.39 Å². The zero-order chi connectivity index (χ0) is 13.1. The molecule has 0 radical (unpaired) electrons. The fourth-order valence-corrected chi connectivity index (χ4v) is 2.17. The zero-order valence-electron chi connectivity index (χ0n) is 9.80. The molecule has 6 heteroatoms. The summed E-state index contributed by atoms with van der Waals surface area (Å²) in [6.45, 7) is 0.425. The molecule has 5 nitrogen and oxygen atoms in total. The van der Waals surface area contributed by atoms with Crippen LogP contribution in [0.1, 0.15) is 29.6 Å². The Hall–Kier alpha value is -1.98. The highest BCUT2D eigenvalue weighted by Gasteiger charge is 2.32. The van der Waals surface area contributed by atoms with E-state index in [4.69, 9.17) is 5.73 Å². The quantitative estimate of drug-likeness (QED) is 0.840. The molecule has 0 saturated carbocycles. The molecule has 1 saturated heterocycles. The number of halogens is 1. The van der Waals surface area contributed by atoms with Gasteiger partial charge >= 0.3 is 0 Å². The third kappa shape index (κ3) is 2.32. The van der Waals surface area contributed by atoms with E-state index >= 15 is 0 Å². The molecule has 0 spiro atoms. The van der Waals surface area contributed by atoms with Gasteiger partial charge in [-0.15, -0.1) is 0 Å². The third-order valence-electron chi connectivity index (χ3n) is 3.09. The van der Waals surface area contributed by atoms with Crippen molar-refractivity contribution in [3.63, 3.8) is 0 Å². The van der Waals surface area contributed by atoms with Gasteiger partial charge in [-0.2, -0.15) is 0 Å². The molecule has 2 amide bonds. The Bertz CT molecular complexity index is 478. The Labute approximate surface area is 104 Å². The largest absolute Gasteiger partial charge is 0.368 e. The van der Waals surface area contributed by atoms with E-state index in [1.54, 1.807) is 0 Å². The van der Waals surface area contributed by atoms with Gasteiger partial charge in [0.15, 0.2) is 5.82 Å². The molecule has 1 aliphatic heterocycles. The van der Waals surface area contributed by atoms with Gasteiger partial charge in [0.2, 0.25) is 5.91 Å². The normalized spacial score (nSPS) is 19.6. The average Bonchev–Trinajstić information content (AvgIpc) is 2.38. The molecule has 2 rings (SSSR count). The van der Waals surface area contributed by atoms with Gasteiger partial charge < -0.3 is 10.6 Å². The Morgan fingerprint density at radius 3 is 2.89 bits per heavy atom. The van der Waals surface area contributed by atoms with Crippen LogP contribution in [0.15, 0.2) is 18.5 Å². The number of carbonyl (C=O) groups excluding carboxylic acids is 2. The molecular weight excluding hydrogens is 237 g/mol. The van der Waals surface area contributed by atoms with Gasteiger partial charge in [0.25, 0.3) is 5.91 Å². The number of aromatic nitrogens is 1. The van der Waals surface area contributed by atoms with Crippen molar-refractivity contribution in [1.82, 2.24) is 9.88 Å². The summed E-state index contributed by atoms with van der Waals surface area (Å²) in [6, 6.07) is 0.670. The van der Waals surface area contributed by atoms with E-state index in [9.17, 15) is 14.0 Å². The van der Waals surface area contributed by atoms with E-state index in [1.165, 1.54) is 17.2 Å². The van der Waals surface area contributed by atoms with Crippen LogP contribution in [0, 0.1) is 5.82 Å². The molecule has 0 aliphatic carbocycles. The second-order valence-electron chi connectivity index (χ2n) is 4.27. The fraction of sp³-hybridized carbons (Fsp3) is 0.417. The molecular formula is C12H14FN3O2. The first-order chi connectivity index (χ1) is 8.61. The van der Waals surface area contributed by atoms with Crippen LogP contribution in [0.2, 0.25) is 0 Å². The number of rotatable bonds is 2. The molecule has 1 atom stereocenters. The first-order valence-corrected chi connectivity index (χ1v) is 5.81. The molecule has 0 aromatic carbocycles. The van der Waals surface area contributed by atoms with Gasteiger partial charge in [-0.05, 0) is 25.3 Å². The van der Waals surface area contributed by atoms with E-state index in [0.717, 1.165) is 19.0 Å². The summed E-state index contributed by atoms with van der Waals surface area (Å²) in [5.74, 6) is -1.73. The van der Waals surface area contributed by atoms with Crippen molar-refractivity contribution in [2.45, 2.75) is 25.3 Å².